The van der Waals surface area contributed by atoms with Crippen LogP contribution in [0.1, 0.15) is 10.5 Å². The minimum atomic E-state index is -4.05. The monoisotopic (exact) mass is 314 g/mol. The van der Waals surface area contributed by atoms with Gasteiger partial charge in [-0.25, -0.2) is 31.3 Å². The zero-order valence-electron chi connectivity index (χ0n) is 9.15. The first kappa shape index (κ1) is 15.0. The summed E-state index contributed by atoms with van der Waals surface area (Å²) in [6.07, 6.45) is 0.969. The zero-order chi connectivity index (χ0) is 14.0. The molecule has 1 aromatic rings. The third kappa shape index (κ3) is 4.01. The van der Waals surface area contributed by atoms with Gasteiger partial charge < -0.3 is 5.11 Å². The normalized spacial score (nSPS) is 12.5. The molecular weight excluding hydrogens is 304 g/mol. The first-order valence-corrected chi connectivity index (χ1v) is 8.90. The highest BCUT2D eigenvalue weighted by Crippen LogP contribution is 2.19. The SMILES string of the molecule is CS(=O)(=O)CCNS(=O)(=O)c1scnc1C(=O)O. The van der Waals surface area contributed by atoms with Gasteiger partial charge in [0, 0.05) is 12.8 Å². The molecule has 0 saturated carbocycles. The minimum Gasteiger partial charge on any atom is -0.476 e. The summed E-state index contributed by atoms with van der Waals surface area (Å²) in [6.45, 7) is -0.321. The number of thiazole rings is 1. The van der Waals surface area contributed by atoms with Crippen LogP contribution in [0, 0.1) is 0 Å². The Morgan fingerprint density at radius 3 is 2.56 bits per heavy atom. The smallest absolute Gasteiger partial charge is 0.356 e. The average molecular weight is 314 g/mol. The van der Waals surface area contributed by atoms with Crippen LogP contribution in [0.25, 0.3) is 0 Å². The van der Waals surface area contributed by atoms with Crippen molar-refractivity contribution in [2.75, 3.05) is 18.6 Å². The van der Waals surface area contributed by atoms with Crippen LogP contribution in [0.15, 0.2) is 9.72 Å². The highest BCUT2D eigenvalue weighted by Gasteiger charge is 2.25. The van der Waals surface area contributed by atoms with E-state index in [0.29, 0.717) is 11.3 Å². The fourth-order valence-corrected chi connectivity index (χ4v) is 3.81. The molecule has 1 heterocycles. The second-order valence-corrected chi connectivity index (χ2v) is 8.40. The number of aromatic nitrogens is 1. The van der Waals surface area contributed by atoms with E-state index in [1.54, 1.807) is 0 Å². The van der Waals surface area contributed by atoms with Crippen LogP contribution >= 0.6 is 11.3 Å². The summed E-state index contributed by atoms with van der Waals surface area (Å²) < 4.78 is 46.7. The second-order valence-electron chi connectivity index (χ2n) is 3.32. The molecule has 0 atom stereocenters. The Morgan fingerprint density at radius 1 is 1.44 bits per heavy atom. The van der Waals surface area contributed by atoms with Gasteiger partial charge in [0.2, 0.25) is 0 Å². The van der Waals surface area contributed by atoms with Crippen molar-refractivity contribution in [3.05, 3.63) is 11.2 Å². The van der Waals surface area contributed by atoms with Gasteiger partial charge in [0.15, 0.2) is 9.90 Å². The van der Waals surface area contributed by atoms with Crippen molar-refractivity contribution in [1.82, 2.24) is 9.71 Å². The lowest BCUT2D eigenvalue weighted by Crippen LogP contribution is -2.29. The number of carboxylic acid groups (broad SMARTS) is 1. The third-order valence-electron chi connectivity index (χ3n) is 1.75. The number of carboxylic acids is 1. The molecule has 2 N–H and O–H groups in total. The van der Waals surface area contributed by atoms with Gasteiger partial charge in [-0.1, -0.05) is 0 Å². The van der Waals surface area contributed by atoms with Crippen molar-refractivity contribution >= 4 is 37.2 Å². The maximum absolute atomic E-state index is 11.7. The number of sulfone groups is 1. The first-order chi connectivity index (χ1) is 8.13. The minimum absolute atomic E-state index is 0.321. The predicted molar refractivity (Wildman–Crippen MR) is 64.0 cm³/mol. The van der Waals surface area contributed by atoms with Crippen molar-refractivity contribution in [3.8, 4) is 0 Å². The molecule has 18 heavy (non-hydrogen) atoms. The number of hydrogen-bond donors (Lipinski definition) is 2. The van der Waals surface area contributed by atoms with E-state index >= 15 is 0 Å². The van der Waals surface area contributed by atoms with Gasteiger partial charge in [-0.3, -0.25) is 0 Å². The molecule has 0 fully saturated rings. The Hall–Kier alpha value is -1.04. The molecule has 0 bridgehead atoms. The highest BCUT2D eigenvalue weighted by atomic mass is 32.2. The summed E-state index contributed by atoms with van der Waals surface area (Å²) in [4.78, 5) is 14.1. The third-order valence-corrected chi connectivity index (χ3v) is 5.52. The van der Waals surface area contributed by atoms with E-state index in [1.165, 1.54) is 0 Å². The Balaban J connectivity index is 2.87. The summed E-state index contributed by atoms with van der Waals surface area (Å²) in [5.41, 5.74) is 0.515. The molecule has 0 aliphatic heterocycles. The van der Waals surface area contributed by atoms with E-state index < -0.39 is 35.7 Å². The Labute approximate surface area is 108 Å². The highest BCUT2D eigenvalue weighted by molar-refractivity contribution is 7.92. The molecule has 0 amide bonds. The lowest BCUT2D eigenvalue weighted by Gasteiger charge is -2.04. The predicted octanol–water partition coefficient (Wildman–Crippen LogP) is -0.836. The van der Waals surface area contributed by atoms with Crippen LogP contribution in [0.3, 0.4) is 0 Å². The molecule has 102 valence electrons. The van der Waals surface area contributed by atoms with Gasteiger partial charge in [-0.15, -0.1) is 11.3 Å². The van der Waals surface area contributed by atoms with E-state index in [9.17, 15) is 21.6 Å². The van der Waals surface area contributed by atoms with Crippen LogP contribution in [-0.2, 0) is 19.9 Å². The van der Waals surface area contributed by atoms with Gasteiger partial charge in [0.05, 0.1) is 11.3 Å². The van der Waals surface area contributed by atoms with E-state index in [0.717, 1.165) is 11.8 Å². The fraction of sp³-hybridized carbons (Fsp3) is 0.429. The number of nitrogens with one attached hydrogen (secondary N) is 1. The number of carbonyl (C=O) groups is 1. The van der Waals surface area contributed by atoms with Crippen LogP contribution in [0.2, 0.25) is 0 Å². The Kier molecular flexibility index (Phi) is 4.42. The van der Waals surface area contributed by atoms with Crippen LogP contribution in [0.5, 0.6) is 0 Å². The van der Waals surface area contributed by atoms with Crippen molar-refractivity contribution < 1.29 is 26.7 Å². The molecule has 0 spiro atoms. The van der Waals surface area contributed by atoms with Crippen molar-refractivity contribution in [3.63, 3.8) is 0 Å². The molecule has 0 aliphatic rings. The van der Waals surface area contributed by atoms with Crippen molar-refractivity contribution in [2.45, 2.75) is 4.21 Å². The number of rotatable bonds is 6. The van der Waals surface area contributed by atoms with Gasteiger partial charge in [-0.05, 0) is 0 Å². The molecule has 0 unspecified atom stereocenters. The van der Waals surface area contributed by atoms with E-state index in [4.69, 9.17) is 5.11 Å². The van der Waals surface area contributed by atoms with E-state index in [-0.39, 0.29) is 12.3 Å². The molecule has 0 aliphatic carbocycles. The number of sulfonamides is 1. The van der Waals surface area contributed by atoms with Crippen LogP contribution in [0.4, 0.5) is 0 Å². The average Bonchev–Trinajstić information content (AvgIpc) is 2.63. The molecule has 1 aromatic heterocycles. The van der Waals surface area contributed by atoms with Gasteiger partial charge in [-0.2, -0.15) is 0 Å². The quantitative estimate of drug-likeness (QED) is 0.700. The number of aromatic carboxylic acids is 1. The van der Waals surface area contributed by atoms with Gasteiger partial charge in [0.25, 0.3) is 10.0 Å². The summed E-state index contributed by atoms with van der Waals surface area (Å²) >= 11 is 0.651. The Bertz CT molecular complexity index is 644. The summed E-state index contributed by atoms with van der Waals surface area (Å²) in [5, 5.41) is 8.73. The van der Waals surface area contributed by atoms with Crippen molar-refractivity contribution in [2.24, 2.45) is 0 Å². The standard InChI is InChI=1S/C7H10N2O6S3/c1-17(12,13)3-2-9-18(14,15)7-5(6(10)11)8-4-16-7/h4,9H,2-3H2,1H3,(H,10,11). The van der Waals surface area contributed by atoms with Gasteiger partial charge in [0.1, 0.15) is 9.84 Å². The molecule has 11 heteroatoms. The molecule has 1 rings (SSSR count). The van der Waals surface area contributed by atoms with E-state index in [2.05, 4.69) is 4.98 Å². The topological polar surface area (TPSA) is 130 Å². The molecule has 8 nitrogen and oxygen atoms in total. The summed E-state index contributed by atoms with van der Waals surface area (Å²) in [5.74, 6) is -1.83. The Morgan fingerprint density at radius 2 is 2.06 bits per heavy atom. The number of nitrogens with zero attached hydrogens (tertiary/aromatic N) is 1. The lowest BCUT2D eigenvalue weighted by molar-refractivity contribution is 0.0687. The van der Waals surface area contributed by atoms with Crippen molar-refractivity contribution in [1.29, 1.82) is 0 Å². The lowest BCUT2D eigenvalue weighted by atomic mass is 10.5. The summed E-state index contributed by atoms with van der Waals surface area (Å²) in [7, 11) is -7.35. The largest absolute Gasteiger partial charge is 0.476 e. The zero-order valence-corrected chi connectivity index (χ0v) is 11.6. The maximum atomic E-state index is 11.7. The molecule has 0 saturated heterocycles. The maximum Gasteiger partial charge on any atom is 0.356 e. The first-order valence-electron chi connectivity index (χ1n) is 4.47. The second kappa shape index (κ2) is 5.30. The number of hydrogen-bond acceptors (Lipinski definition) is 7. The molecular formula is C7H10N2O6S3. The van der Waals surface area contributed by atoms with Gasteiger partial charge >= 0.3 is 5.97 Å². The fourth-order valence-electron chi connectivity index (χ4n) is 0.996. The van der Waals surface area contributed by atoms with Crippen LogP contribution < -0.4 is 4.72 Å². The molecule has 0 radical (unpaired) electrons. The van der Waals surface area contributed by atoms with E-state index in [1.807, 2.05) is 4.72 Å². The molecule has 0 aromatic carbocycles. The summed E-state index contributed by atoms with van der Waals surface area (Å²) in [6, 6.07) is 0. The van der Waals surface area contributed by atoms with Crippen LogP contribution in [-0.4, -0.2) is 51.4 Å².